The Morgan fingerprint density at radius 3 is 2.17 bits per heavy atom. The molecular weight excluding hydrogens is 228 g/mol. The highest BCUT2D eigenvalue weighted by molar-refractivity contribution is 6.05. The van der Waals surface area contributed by atoms with Crippen LogP contribution in [-0.2, 0) is 9.59 Å². The van der Waals surface area contributed by atoms with Gasteiger partial charge >= 0.3 is 0 Å². The van der Waals surface area contributed by atoms with Crippen molar-refractivity contribution in [2.24, 2.45) is 11.8 Å². The van der Waals surface area contributed by atoms with Gasteiger partial charge in [-0.3, -0.25) is 14.5 Å². The second-order valence-electron chi connectivity index (χ2n) is 6.19. The molecule has 2 aliphatic heterocycles. The molecule has 3 fully saturated rings. The molecule has 5 atom stereocenters. The summed E-state index contributed by atoms with van der Waals surface area (Å²) in [7, 11) is 0. The summed E-state index contributed by atoms with van der Waals surface area (Å²) < 4.78 is 0. The number of nitrogens with zero attached hydrogens (tertiary/aromatic N) is 1. The SMILES string of the molecule is CC1CCC(N2C(=O)C3CCCC3C2=O)C(C)N1. The Hall–Kier alpha value is -0.900. The van der Waals surface area contributed by atoms with E-state index in [9.17, 15) is 9.59 Å². The molecule has 3 aliphatic rings. The minimum Gasteiger partial charge on any atom is -0.310 e. The van der Waals surface area contributed by atoms with Crippen molar-refractivity contribution in [2.75, 3.05) is 0 Å². The van der Waals surface area contributed by atoms with E-state index in [-0.39, 0.29) is 35.7 Å². The maximum Gasteiger partial charge on any atom is 0.233 e. The summed E-state index contributed by atoms with van der Waals surface area (Å²) in [6, 6.07) is 0.788. The van der Waals surface area contributed by atoms with E-state index in [2.05, 4.69) is 19.2 Å². The van der Waals surface area contributed by atoms with Gasteiger partial charge in [-0.2, -0.15) is 0 Å². The number of nitrogens with one attached hydrogen (secondary N) is 1. The summed E-state index contributed by atoms with van der Waals surface area (Å²) in [6.07, 6.45) is 4.86. The van der Waals surface area contributed by atoms with Crippen LogP contribution in [0.2, 0.25) is 0 Å². The van der Waals surface area contributed by atoms with Crippen LogP contribution in [-0.4, -0.2) is 34.8 Å². The van der Waals surface area contributed by atoms with Crippen LogP contribution >= 0.6 is 0 Å². The van der Waals surface area contributed by atoms with Crippen LogP contribution in [0, 0.1) is 11.8 Å². The van der Waals surface area contributed by atoms with Crippen molar-refractivity contribution < 1.29 is 9.59 Å². The fraction of sp³-hybridized carbons (Fsp3) is 0.857. The number of likely N-dealkylation sites (tertiary alicyclic amines) is 1. The van der Waals surface area contributed by atoms with Crippen molar-refractivity contribution in [1.82, 2.24) is 10.2 Å². The average Bonchev–Trinajstić information content (AvgIpc) is 2.87. The third-order valence-corrected chi connectivity index (χ3v) is 4.98. The first-order valence-corrected chi connectivity index (χ1v) is 7.22. The van der Waals surface area contributed by atoms with Gasteiger partial charge in [0.05, 0.1) is 17.9 Å². The molecule has 18 heavy (non-hydrogen) atoms. The van der Waals surface area contributed by atoms with Gasteiger partial charge in [0.15, 0.2) is 0 Å². The first kappa shape index (κ1) is 12.2. The molecule has 2 saturated heterocycles. The molecule has 4 heteroatoms. The minimum absolute atomic E-state index is 0.00375. The summed E-state index contributed by atoms with van der Waals surface area (Å²) in [4.78, 5) is 26.4. The summed E-state index contributed by atoms with van der Waals surface area (Å²) >= 11 is 0. The van der Waals surface area contributed by atoms with Gasteiger partial charge in [0.25, 0.3) is 0 Å². The third-order valence-electron chi connectivity index (χ3n) is 4.98. The average molecular weight is 250 g/mol. The topological polar surface area (TPSA) is 49.4 Å². The first-order chi connectivity index (χ1) is 8.59. The quantitative estimate of drug-likeness (QED) is 0.714. The van der Waals surface area contributed by atoms with E-state index in [0.29, 0.717) is 6.04 Å². The van der Waals surface area contributed by atoms with E-state index in [0.717, 1.165) is 32.1 Å². The Morgan fingerprint density at radius 1 is 1.00 bits per heavy atom. The zero-order valence-corrected chi connectivity index (χ0v) is 11.2. The number of rotatable bonds is 1. The highest BCUT2D eigenvalue weighted by Crippen LogP contribution is 2.41. The molecule has 1 saturated carbocycles. The van der Waals surface area contributed by atoms with E-state index < -0.39 is 0 Å². The van der Waals surface area contributed by atoms with E-state index >= 15 is 0 Å². The number of hydrogen-bond acceptors (Lipinski definition) is 3. The van der Waals surface area contributed by atoms with Gasteiger partial charge in [-0.05, 0) is 39.5 Å². The predicted molar refractivity (Wildman–Crippen MR) is 67.8 cm³/mol. The predicted octanol–water partition coefficient (Wildman–Crippen LogP) is 1.30. The maximum absolute atomic E-state index is 12.4. The smallest absolute Gasteiger partial charge is 0.233 e. The van der Waals surface area contributed by atoms with Gasteiger partial charge in [0.1, 0.15) is 0 Å². The molecule has 0 aromatic carbocycles. The van der Waals surface area contributed by atoms with Crippen LogP contribution in [0.1, 0.15) is 46.0 Å². The van der Waals surface area contributed by atoms with Crippen LogP contribution < -0.4 is 5.32 Å². The van der Waals surface area contributed by atoms with Gasteiger partial charge in [0.2, 0.25) is 11.8 Å². The molecule has 3 rings (SSSR count). The minimum atomic E-state index is 0.00375. The summed E-state index contributed by atoms with van der Waals surface area (Å²) in [5, 5.41) is 3.47. The fourth-order valence-electron chi connectivity index (χ4n) is 4.01. The lowest BCUT2D eigenvalue weighted by Gasteiger charge is -2.38. The second-order valence-corrected chi connectivity index (χ2v) is 6.19. The van der Waals surface area contributed by atoms with Crippen molar-refractivity contribution in [3.05, 3.63) is 0 Å². The zero-order chi connectivity index (χ0) is 12.9. The van der Waals surface area contributed by atoms with Crippen molar-refractivity contribution in [3.8, 4) is 0 Å². The maximum atomic E-state index is 12.4. The molecule has 2 amide bonds. The van der Waals surface area contributed by atoms with E-state index in [1.165, 1.54) is 0 Å². The molecule has 0 aromatic heterocycles. The number of carbonyl (C=O) groups is 2. The number of fused-ring (bicyclic) bond motifs is 1. The number of hydrogen-bond donors (Lipinski definition) is 1. The molecule has 1 N–H and O–H groups in total. The van der Waals surface area contributed by atoms with Crippen LogP contribution in [0.4, 0.5) is 0 Å². The molecule has 100 valence electrons. The van der Waals surface area contributed by atoms with E-state index in [4.69, 9.17) is 0 Å². The van der Waals surface area contributed by atoms with Crippen LogP contribution in [0.3, 0.4) is 0 Å². The van der Waals surface area contributed by atoms with Gasteiger partial charge in [0, 0.05) is 12.1 Å². The number of imide groups is 1. The van der Waals surface area contributed by atoms with Crippen LogP contribution in [0.15, 0.2) is 0 Å². The number of piperidine rings is 1. The molecule has 1 aliphatic carbocycles. The lowest BCUT2D eigenvalue weighted by atomic mass is 9.94. The Kier molecular flexibility index (Phi) is 2.93. The fourth-order valence-corrected chi connectivity index (χ4v) is 4.01. The molecule has 0 spiro atoms. The molecule has 4 nitrogen and oxygen atoms in total. The molecule has 0 radical (unpaired) electrons. The van der Waals surface area contributed by atoms with E-state index in [1.807, 2.05) is 0 Å². The van der Waals surface area contributed by atoms with Crippen molar-refractivity contribution in [1.29, 1.82) is 0 Å². The van der Waals surface area contributed by atoms with Gasteiger partial charge < -0.3 is 5.32 Å². The summed E-state index contributed by atoms with van der Waals surface area (Å²) in [5.41, 5.74) is 0. The van der Waals surface area contributed by atoms with Gasteiger partial charge in [-0.1, -0.05) is 6.42 Å². The summed E-state index contributed by atoms with van der Waals surface area (Å²) in [5.74, 6) is 0.222. The van der Waals surface area contributed by atoms with E-state index in [1.54, 1.807) is 4.90 Å². The Balaban J connectivity index is 1.80. The van der Waals surface area contributed by atoms with Crippen molar-refractivity contribution in [2.45, 2.75) is 64.1 Å². The summed E-state index contributed by atoms with van der Waals surface area (Å²) in [6.45, 7) is 4.25. The van der Waals surface area contributed by atoms with Gasteiger partial charge in [-0.15, -0.1) is 0 Å². The normalized spacial score (nSPS) is 44.6. The van der Waals surface area contributed by atoms with Crippen LogP contribution in [0.5, 0.6) is 0 Å². The van der Waals surface area contributed by atoms with Crippen molar-refractivity contribution in [3.63, 3.8) is 0 Å². The highest BCUT2D eigenvalue weighted by Gasteiger charge is 2.52. The molecule has 5 unspecified atom stereocenters. The standard InChI is InChI=1S/C14H22N2O2/c1-8-6-7-12(9(2)15-8)16-13(17)10-4-3-5-11(10)14(16)18/h8-12,15H,3-7H2,1-2H3. The number of amides is 2. The monoisotopic (exact) mass is 250 g/mol. The third kappa shape index (κ3) is 1.69. The number of carbonyl (C=O) groups excluding carboxylic acids is 2. The highest BCUT2D eigenvalue weighted by atomic mass is 16.2. The molecule has 2 heterocycles. The molecular formula is C14H22N2O2. The Bertz CT molecular complexity index is 360. The first-order valence-electron chi connectivity index (χ1n) is 7.22. The lowest BCUT2D eigenvalue weighted by molar-refractivity contribution is -0.144. The Morgan fingerprint density at radius 2 is 1.61 bits per heavy atom. The molecule has 0 aromatic rings. The lowest BCUT2D eigenvalue weighted by Crippen LogP contribution is -2.56. The largest absolute Gasteiger partial charge is 0.310 e. The van der Waals surface area contributed by atoms with Gasteiger partial charge in [-0.25, -0.2) is 0 Å². The second kappa shape index (κ2) is 4.34. The van der Waals surface area contributed by atoms with Crippen molar-refractivity contribution >= 4 is 11.8 Å². The van der Waals surface area contributed by atoms with Crippen LogP contribution in [0.25, 0.3) is 0 Å². The zero-order valence-electron chi connectivity index (χ0n) is 11.2. The Labute approximate surface area is 108 Å². The molecule has 0 bridgehead atoms.